The number of piperidine rings is 1. The first-order valence-corrected chi connectivity index (χ1v) is 8.71. The fourth-order valence-electron chi connectivity index (χ4n) is 4.10. The van der Waals surface area contributed by atoms with Crippen LogP contribution >= 0.6 is 0 Å². The van der Waals surface area contributed by atoms with Gasteiger partial charge in [0.25, 0.3) is 0 Å². The van der Waals surface area contributed by atoms with Crippen LogP contribution in [-0.2, 0) is 11.2 Å². The first-order valence-electron chi connectivity index (χ1n) is 8.71. The van der Waals surface area contributed by atoms with Gasteiger partial charge < -0.3 is 10.2 Å². The SMILES string of the molecule is CNCC1CCCN(C(=O)C2(Cc3ccccc3)CCC2)C1. The Labute approximate surface area is 134 Å². The molecule has 1 saturated heterocycles. The van der Waals surface area contributed by atoms with Crippen molar-refractivity contribution in [2.24, 2.45) is 11.3 Å². The second kappa shape index (κ2) is 6.82. The molecule has 1 saturated carbocycles. The third-order valence-corrected chi connectivity index (χ3v) is 5.45. The molecule has 3 rings (SSSR count). The quantitative estimate of drug-likeness (QED) is 0.907. The summed E-state index contributed by atoms with van der Waals surface area (Å²) in [5, 5.41) is 3.27. The minimum absolute atomic E-state index is 0.108. The molecule has 1 aromatic carbocycles. The molecule has 1 aromatic rings. The Balaban J connectivity index is 1.68. The van der Waals surface area contributed by atoms with E-state index >= 15 is 0 Å². The largest absolute Gasteiger partial charge is 0.342 e. The predicted molar refractivity (Wildman–Crippen MR) is 89.7 cm³/mol. The Morgan fingerprint density at radius 3 is 2.68 bits per heavy atom. The van der Waals surface area contributed by atoms with Crippen LogP contribution < -0.4 is 5.32 Å². The Kier molecular flexibility index (Phi) is 4.82. The van der Waals surface area contributed by atoms with E-state index in [1.165, 1.54) is 18.4 Å². The van der Waals surface area contributed by atoms with Crippen molar-refractivity contribution < 1.29 is 4.79 Å². The number of rotatable bonds is 5. The van der Waals surface area contributed by atoms with E-state index in [-0.39, 0.29) is 5.41 Å². The fourth-order valence-corrected chi connectivity index (χ4v) is 4.10. The van der Waals surface area contributed by atoms with Crippen LogP contribution in [0.1, 0.15) is 37.7 Å². The van der Waals surface area contributed by atoms with Gasteiger partial charge in [0.05, 0.1) is 5.41 Å². The van der Waals surface area contributed by atoms with Gasteiger partial charge in [-0.3, -0.25) is 4.79 Å². The maximum absolute atomic E-state index is 13.2. The average Bonchev–Trinajstić information content (AvgIpc) is 2.52. The molecule has 3 nitrogen and oxygen atoms in total. The van der Waals surface area contributed by atoms with Crippen molar-refractivity contribution in [1.29, 1.82) is 0 Å². The van der Waals surface area contributed by atoms with Gasteiger partial charge in [0.1, 0.15) is 0 Å². The molecule has 3 heteroatoms. The van der Waals surface area contributed by atoms with Gasteiger partial charge in [-0.1, -0.05) is 36.8 Å². The number of hydrogen-bond acceptors (Lipinski definition) is 2. The van der Waals surface area contributed by atoms with Crippen LogP contribution in [0, 0.1) is 11.3 Å². The van der Waals surface area contributed by atoms with Gasteiger partial charge in [0.15, 0.2) is 0 Å². The third kappa shape index (κ3) is 3.19. The van der Waals surface area contributed by atoms with Crippen molar-refractivity contribution in [1.82, 2.24) is 10.2 Å². The van der Waals surface area contributed by atoms with Gasteiger partial charge >= 0.3 is 0 Å². The Morgan fingerprint density at radius 2 is 2.05 bits per heavy atom. The van der Waals surface area contributed by atoms with Crippen molar-refractivity contribution in [2.45, 2.75) is 38.5 Å². The van der Waals surface area contributed by atoms with E-state index in [1.807, 2.05) is 13.1 Å². The molecule has 0 radical (unpaired) electrons. The molecule has 1 unspecified atom stereocenters. The van der Waals surface area contributed by atoms with Crippen molar-refractivity contribution >= 4 is 5.91 Å². The number of nitrogens with one attached hydrogen (secondary N) is 1. The van der Waals surface area contributed by atoms with Crippen LogP contribution in [0.3, 0.4) is 0 Å². The number of amides is 1. The lowest BCUT2D eigenvalue weighted by Gasteiger charge is -2.45. The maximum Gasteiger partial charge on any atom is 0.229 e. The highest BCUT2D eigenvalue weighted by Crippen LogP contribution is 2.45. The van der Waals surface area contributed by atoms with Crippen molar-refractivity contribution in [3.63, 3.8) is 0 Å². The van der Waals surface area contributed by atoms with Gasteiger partial charge in [0, 0.05) is 13.1 Å². The molecule has 2 fully saturated rings. The number of benzene rings is 1. The van der Waals surface area contributed by atoms with E-state index in [0.717, 1.165) is 45.3 Å². The van der Waals surface area contributed by atoms with Gasteiger partial charge in [-0.25, -0.2) is 0 Å². The molecule has 0 bridgehead atoms. The first-order chi connectivity index (χ1) is 10.7. The molecule has 0 aromatic heterocycles. The summed E-state index contributed by atoms with van der Waals surface area (Å²) >= 11 is 0. The molecule has 1 heterocycles. The summed E-state index contributed by atoms with van der Waals surface area (Å²) in [6, 6.07) is 10.5. The topological polar surface area (TPSA) is 32.3 Å². The zero-order chi connectivity index (χ0) is 15.4. The second-order valence-electron chi connectivity index (χ2n) is 7.11. The van der Waals surface area contributed by atoms with E-state index in [2.05, 4.69) is 34.5 Å². The number of likely N-dealkylation sites (tertiary alicyclic amines) is 1. The predicted octanol–water partition coefficient (Wildman–Crippen LogP) is 2.86. The Bertz CT molecular complexity index is 493. The van der Waals surface area contributed by atoms with Crippen LogP contribution in [0.5, 0.6) is 0 Å². The van der Waals surface area contributed by atoms with Crippen LogP contribution in [0.15, 0.2) is 30.3 Å². The first kappa shape index (κ1) is 15.5. The third-order valence-electron chi connectivity index (χ3n) is 5.45. The standard InChI is InChI=1S/C19H28N2O/c1-20-14-17-9-5-12-21(15-17)18(22)19(10-6-11-19)13-16-7-3-2-4-8-16/h2-4,7-8,17,20H,5-6,9-15H2,1H3. The molecule has 1 atom stereocenters. The van der Waals surface area contributed by atoms with Gasteiger partial charge in [-0.2, -0.15) is 0 Å². The molecule has 1 aliphatic heterocycles. The van der Waals surface area contributed by atoms with E-state index in [4.69, 9.17) is 0 Å². The summed E-state index contributed by atoms with van der Waals surface area (Å²) in [6.45, 7) is 2.92. The van der Waals surface area contributed by atoms with E-state index in [9.17, 15) is 4.79 Å². The van der Waals surface area contributed by atoms with Crippen LogP contribution in [-0.4, -0.2) is 37.5 Å². The van der Waals surface area contributed by atoms with Crippen molar-refractivity contribution in [3.8, 4) is 0 Å². The number of hydrogen-bond donors (Lipinski definition) is 1. The fraction of sp³-hybridized carbons (Fsp3) is 0.632. The molecule has 22 heavy (non-hydrogen) atoms. The smallest absolute Gasteiger partial charge is 0.229 e. The maximum atomic E-state index is 13.2. The van der Waals surface area contributed by atoms with E-state index < -0.39 is 0 Å². The highest BCUT2D eigenvalue weighted by molar-refractivity contribution is 5.84. The molecule has 120 valence electrons. The minimum Gasteiger partial charge on any atom is -0.342 e. The second-order valence-corrected chi connectivity index (χ2v) is 7.11. The molecule has 1 N–H and O–H groups in total. The summed E-state index contributed by atoms with van der Waals surface area (Å²) in [4.78, 5) is 15.3. The Morgan fingerprint density at radius 1 is 1.27 bits per heavy atom. The number of nitrogens with zero attached hydrogens (tertiary/aromatic N) is 1. The molecular weight excluding hydrogens is 272 g/mol. The van der Waals surface area contributed by atoms with Crippen LogP contribution in [0.25, 0.3) is 0 Å². The van der Waals surface area contributed by atoms with Crippen LogP contribution in [0.4, 0.5) is 0 Å². The summed E-state index contributed by atoms with van der Waals surface area (Å²) in [5.41, 5.74) is 1.20. The number of carbonyl (C=O) groups excluding carboxylic acids is 1. The lowest BCUT2D eigenvalue weighted by Crippen LogP contribution is -2.52. The highest BCUT2D eigenvalue weighted by atomic mass is 16.2. The molecular formula is C19H28N2O. The van der Waals surface area contributed by atoms with Gasteiger partial charge in [0.2, 0.25) is 5.91 Å². The lowest BCUT2D eigenvalue weighted by atomic mass is 9.64. The normalized spacial score (nSPS) is 23.9. The van der Waals surface area contributed by atoms with Crippen molar-refractivity contribution in [3.05, 3.63) is 35.9 Å². The molecule has 1 aliphatic carbocycles. The lowest BCUT2D eigenvalue weighted by molar-refractivity contribution is -0.149. The highest BCUT2D eigenvalue weighted by Gasteiger charge is 2.46. The van der Waals surface area contributed by atoms with Gasteiger partial charge in [-0.15, -0.1) is 0 Å². The van der Waals surface area contributed by atoms with E-state index in [1.54, 1.807) is 0 Å². The molecule has 1 amide bonds. The average molecular weight is 300 g/mol. The number of carbonyl (C=O) groups is 1. The monoisotopic (exact) mass is 300 g/mol. The molecule has 2 aliphatic rings. The van der Waals surface area contributed by atoms with E-state index in [0.29, 0.717) is 11.8 Å². The van der Waals surface area contributed by atoms with Crippen LogP contribution in [0.2, 0.25) is 0 Å². The minimum atomic E-state index is -0.108. The Hall–Kier alpha value is -1.35. The van der Waals surface area contributed by atoms with Gasteiger partial charge in [-0.05, 0) is 57.2 Å². The summed E-state index contributed by atoms with van der Waals surface area (Å²) < 4.78 is 0. The summed E-state index contributed by atoms with van der Waals surface area (Å²) in [7, 11) is 2.00. The molecule has 0 spiro atoms. The summed E-state index contributed by atoms with van der Waals surface area (Å²) in [6.07, 6.45) is 6.64. The zero-order valence-corrected chi connectivity index (χ0v) is 13.7. The summed E-state index contributed by atoms with van der Waals surface area (Å²) in [5.74, 6) is 1.04. The zero-order valence-electron chi connectivity index (χ0n) is 13.7. The van der Waals surface area contributed by atoms with Crippen molar-refractivity contribution in [2.75, 3.05) is 26.7 Å².